The molecule has 0 aliphatic carbocycles. The molecule has 0 fully saturated rings. The number of hydrogen-bond acceptors (Lipinski definition) is 8. The molecule has 2 rings (SSSR count). The average Bonchev–Trinajstić information content (AvgIpc) is 2.82. The number of hydrogen-bond donors (Lipinski definition) is 2. The van der Waals surface area contributed by atoms with Crippen molar-refractivity contribution in [2.24, 2.45) is 5.84 Å². The Balaban J connectivity index is 2.34. The van der Waals surface area contributed by atoms with Gasteiger partial charge in [0.15, 0.2) is 0 Å². The predicted octanol–water partition coefficient (Wildman–Crippen LogP) is 1.21. The van der Waals surface area contributed by atoms with E-state index in [0.717, 1.165) is 5.76 Å². The lowest BCUT2D eigenvalue weighted by Gasteiger charge is -2.17. The first kappa shape index (κ1) is 13.7. The molecule has 2 aromatic rings. The third-order valence-electron chi connectivity index (χ3n) is 2.67. The molecule has 9 nitrogen and oxygen atoms in total. The Kier molecular flexibility index (Phi) is 3.80. The van der Waals surface area contributed by atoms with E-state index in [4.69, 9.17) is 10.3 Å². The largest absolute Gasteiger partial charge is 0.464 e. The Morgan fingerprint density at radius 3 is 2.80 bits per heavy atom. The van der Waals surface area contributed by atoms with Crippen molar-refractivity contribution in [3.05, 3.63) is 40.1 Å². The second kappa shape index (κ2) is 5.53. The summed E-state index contributed by atoms with van der Waals surface area (Å²) in [4.78, 5) is 19.8. The lowest BCUT2D eigenvalue weighted by Crippen LogP contribution is -2.21. The van der Waals surface area contributed by atoms with E-state index >= 15 is 0 Å². The van der Waals surface area contributed by atoms with E-state index in [2.05, 4.69) is 15.4 Å². The van der Waals surface area contributed by atoms with Crippen molar-refractivity contribution in [2.75, 3.05) is 17.4 Å². The Bertz CT molecular complexity index is 626. The number of hydrazine groups is 1. The van der Waals surface area contributed by atoms with E-state index in [1.54, 1.807) is 18.0 Å². The maximum absolute atomic E-state index is 11.1. The fraction of sp³-hybridized carbons (Fsp3) is 0.273. The Hall–Kier alpha value is -2.68. The quantitative estimate of drug-likeness (QED) is 0.475. The maximum atomic E-state index is 11.1. The third-order valence-corrected chi connectivity index (χ3v) is 2.67. The summed E-state index contributed by atoms with van der Waals surface area (Å²) in [5, 5.41) is 11.1. The summed E-state index contributed by atoms with van der Waals surface area (Å²) in [6.45, 7) is 2.17. The van der Waals surface area contributed by atoms with E-state index in [1.165, 1.54) is 6.33 Å². The van der Waals surface area contributed by atoms with Crippen LogP contribution in [0.4, 0.5) is 17.3 Å². The lowest BCUT2D eigenvalue weighted by atomic mass is 10.3. The Morgan fingerprint density at radius 2 is 2.25 bits per heavy atom. The Morgan fingerprint density at radius 1 is 1.50 bits per heavy atom. The summed E-state index contributed by atoms with van der Waals surface area (Å²) in [5.41, 5.74) is 1.92. The summed E-state index contributed by atoms with van der Waals surface area (Å²) in [6, 6.07) is 3.63. The zero-order valence-electron chi connectivity index (χ0n) is 11.0. The SMILES string of the molecule is Cc1ccc(CN(C)c2ncnc(NN)c2[N+](=O)[O-])o1. The molecule has 0 radical (unpaired) electrons. The number of nitrogens with two attached hydrogens (primary N) is 1. The lowest BCUT2D eigenvalue weighted by molar-refractivity contribution is -0.383. The minimum absolute atomic E-state index is 0.0394. The molecule has 0 aliphatic heterocycles. The normalized spacial score (nSPS) is 10.3. The number of nitrogens with one attached hydrogen (secondary N) is 1. The summed E-state index contributed by atoms with van der Waals surface area (Å²) >= 11 is 0. The molecule has 0 unspecified atom stereocenters. The maximum Gasteiger partial charge on any atom is 0.354 e. The van der Waals surface area contributed by atoms with Gasteiger partial charge in [-0.3, -0.25) is 10.1 Å². The first-order valence-electron chi connectivity index (χ1n) is 5.75. The number of nitro groups is 1. The topological polar surface area (TPSA) is 123 Å². The van der Waals surface area contributed by atoms with E-state index in [-0.39, 0.29) is 17.3 Å². The molecule has 0 amide bonds. The molecule has 0 atom stereocenters. The van der Waals surface area contributed by atoms with Gasteiger partial charge in [-0.2, -0.15) is 0 Å². The van der Waals surface area contributed by atoms with Gasteiger partial charge in [-0.25, -0.2) is 15.8 Å². The van der Waals surface area contributed by atoms with E-state index in [1.807, 2.05) is 13.0 Å². The van der Waals surface area contributed by atoms with Gasteiger partial charge in [0.25, 0.3) is 0 Å². The van der Waals surface area contributed by atoms with Crippen molar-refractivity contribution in [3.8, 4) is 0 Å². The fourth-order valence-electron chi connectivity index (χ4n) is 1.80. The summed E-state index contributed by atoms with van der Waals surface area (Å²) in [7, 11) is 1.67. The van der Waals surface area contributed by atoms with Crippen LogP contribution < -0.4 is 16.2 Å². The van der Waals surface area contributed by atoms with Gasteiger partial charge in [-0.15, -0.1) is 0 Å². The zero-order chi connectivity index (χ0) is 14.7. The molecule has 0 saturated carbocycles. The van der Waals surface area contributed by atoms with Gasteiger partial charge in [-0.1, -0.05) is 0 Å². The molecule has 0 spiro atoms. The number of nitrogens with zero attached hydrogens (tertiary/aromatic N) is 4. The first-order valence-corrected chi connectivity index (χ1v) is 5.75. The van der Waals surface area contributed by atoms with Crippen LogP contribution in [-0.2, 0) is 6.54 Å². The molecule has 0 aliphatic rings. The van der Waals surface area contributed by atoms with Crippen molar-refractivity contribution in [2.45, 2.75) is 13.5 Å². The molecular formula is C11H14N6O3. The van der Waals surface area contributed by atoms with Crippen LogP contribution >= 0.6 is 0 Å². The molecule has 0 aromatic carbocycles. The van der Waals surface area contributed by atoms with Gasteiger partial charge in [0.05, 0.1) is 11.5 Å². The number of furan rings is 1. The number of aromatic nitrogens is 2. The van der Waals surface area contributed by atoms with Crippen LogP contribution in [-0.4, -0.2) is 21.9 Å². The highest BCUT2D eigenvalue weighted by Gasteiger charge is 2.25. The number of nitrogen functional groups attached to an aromatic ring is 1. The highest BCUT2D eigenvalue weighted by molar-refractivity contribution is 5.69. The summed E-state index contributed by atoms with van der Waals surface area (Å²) in [5.74, 6) is 6.81. The van der Waals surface area contributed by atoms with Crippen LogP contribution in [0.15, 0.2) is 22.9 Å². The minimum Gasteiger partial charge on any atom is -0.464 e. The van der Waals surface area contributed by atoms with Gasteiger partial charge >= 0.3 is 5.69 Å². The van der Waals surface area contributed by atoms with Crippen LogP contribution in [0.3, 0.4) is 0 Å². The van der Waals surface area contributed by atoms with Crippen LogP contribution in [0.25, 0.3) is 0 Å². The molecule has 3 N–H and O–H groups in total. The molecular weight excluding hydrogens is 264 g/mol. The molecule has 9 heteroatoms. The highest BCUT2D eigenvalue weighted by Crippen LogP contribution is 2.31. The second-order valence-electron chi connectivity index (χ2n) is 4.16. The second-order valence-corrected chi connectivity index (χ2v) is 4.16. The minimum atomic E-state index is -0.575. The van der Waals surface area contributed by atoms with Crippen LogP contribution in [0.1, 0.15) is 11.5 Å². The van der Waals surface area contributed by atoms with Crippen LogP contribution in [0, 0.1) is 17.0 Å². The van der Waals surface area contributed by atoms with E-state index in [0.29, 0.717) is 12.3 Å². The number of rotatable bonds is 5. The van der Waals surface area contributed by atoms with Crippen LogP contribution in [0.2, 0.25) is 0 Å². The average molecular weight is 278 g/mol. The first-order chi connectivity index (χ1) is 9.52. The van der Waals surface area contributed by atoms with Gasteiger partial charge in [0.1, 0.15) is 17.8 Å². The van der Waals surface area contributed by atoms with Crippen LogP contribution in [0.5, 0.6) is 0 Å². The van der Waals surface area contributed by atoms with Crippen molar-refractivity contribution in [1.82, 2.24) is 9.97 Å². The molecule has 0 bridgehead atoms. The van der Waals surface area contributed by atoms with E-state index in [9.17, 15) is 10.1 Å². The standard InChI is InChI=1S/C11H14N6O3/c1-7-3-4-8(20-7)5-16(2)11-9(17(18)19)10(15-12)13-6-14-11/h3-4,6H,5,12H2,1-2H3,(H,13,14,15). The van der Waals surface area contributed by atoms with Gasteiger partial charge in [0.2, 0.25) is 11.6 Å². The Labute approximate surface area is 114 Å². The smallest absolute Gasteiger partial charge is 0.354 e. The van der Waals surface area contributed by atoms with Gasteiger partial charge in [0, 0.05) is 7.05 Å². The monoisotopic (exact) mass is 278 g/mol. The number of aryl methyl sites for hydroxylation is 1. The van der Waals surface area contributed by atoms with E-state index < -0.39 is 4.92 Å². The molecule has 0 saturated heterocycles. The molecule has 2 aromatic heterocycles. The van der Waals surface area contributed by atoms with Crippen molar-refractivity contribution in [1.29, 1.82) is 0 Å². The third kappa shape index (κ3) is 2.67. The summed E-state index contributed by atoms with van der Waals surface area (Å²) in [6.07, 6.45) is 1.21. The van der Waals surface area contributed by atoms with Crippen molar-refractivity contribution < 1.29 is 9.34 Å². The summed E-state index contributed by atoms with van der Waals surface area (Å²) < 4.78 is 5.44. The van der Waals surface area contributed by atoms with Gasteiger partial charge < -0.3 is 14.7 Å². The molecule has 106 valence electrons. The number of anilines is 2. The highest BCUT2D eigenvalue weighted by atomic mass is 16.6. The molecule has 20 heavy (non-hydrogen) atoms. The van der Waals surface area contributed by atoms with Gasteiger partial charge in [-0.05, 0) is 19.1 Å². The van der Waals surface area contributed by atoms with Crippen molar-refractivity contribution >= 4 is 17.3 Å². The zero-order valence-corrected chi connectivity index (χ0v) is 11.0. The molecule has 2 heterocycles. The predicted molar refractivity (Wildman–Crippen MR) is 72.0 cm³/mol. The van der Waals surface area contributed by atoms with Crippen molar-refractivity contribution in [3.63, 3.8) is 0 Å². The fourth-order valence-corrected chi connectivity index (χ4v) is 1.80.